The number of aromatic nitrogens is 2. The quantitative estimate of drug-likeness (QED) is 0.876. The number of hydrogen-bond donors (Lipinski definition) is 1. The predicted molar refractivity (Wildman–Crippen MR) is 92.8 cm³/mol. The van der Waals surface area contributed by atoms with E-state index in [1.807, 2.05) is 50.8 Å². The largest absolute Gasteiger partial charge is 0.492 e. The molecule has 2 aromatic rings. The number of benzene rings is 1. The lowest BCUT2D eigenvalue weighted by atomic mass is 10.1. The highest BCUT2D eigenvalue weighted by Gasteiger charge is 2.24. The van der Waals surface area contributed by atoms with Gasteiger partial charge in [-0.05, 0) is 37.1 Å². The zero-order valence-corrected chi connectivity index (χ0v) is 14.2. The number of nitrogens with zero attached hydrogens (tertiary/aromatic N) is 3. The average molecular weight is 328 g/mol. The van der Waals surface area contributed by atoms with Crippen LogP contribution in [0, 0.1) is 0 Å². The predicted octanol–water partition coefficient (Wildman–Crippen LogP) is 1.68. The van der Waals surface area contributed by atoms with Gasteiger partial charge in [0.25, 0.3) is 0 Å². The minimum Gasteiger partial charge on any atom is -0.492 e. The van der Waals surface area contributed by atoms with E-state index < -0.39 is 0 Å². The van der Waals surface area contributed by atoms with Crippen molar-refractivity contribution in [1.82, 2.24) is 20.0 Å². The molecule has 1 saturated heterocycles. The van der Waals surface area contributed by atoms with Gasteiger partial charge >= 0.3 is 0 Å². The fraction of sp³-hybridized carbons (Fsp3) is 0.444. The second-order valence-corrected chi connectivity index (χ2v) is 6.19. The number of nitrogens with one attached hydrogen (secondary N) is 1. The minimum atomic E-state index is -0.0242. The van der Waals surface area contributed by atoms with Crippen LogP contribution in [0.1, 0.15) is 12.8 Å². The van der Waals surface area contributed by atoms with Crippen molar-refractivity contribution >= 4 is 5.91 Å². The van der Waals surface area contributed by atoms with Crippen molar-refractivity contribution in [3.63, 3.8) is 0 Å². The molecule has 1 aliphatic heterocycles. The standard InChI is InChI=1S/C18H24N4O2/c1-21(18(23)17-7-4-8-19-17)9-10-24-16-6-3-5-14(11-16)15-12-20-22(2)13-15/h3,5-6,11-13,17,19H,4,7-10H2,1-2H3/t17-/m0/s1. The summed E-state index contributed by atoms with van der Waals surface area (Å²) in [6, 6.07) is 7.90. The second-order valence-electron chi connectivity index (χ2n) is 6.19. The third-order valence-corrected chi connectivity index (χ3v) is 4.30. The molecule has 3 rings (SSSR count). The molecule has 0 unspecified atom stereocenters. The first-order valence-corrected chi connectivity index (χ1v) is 8.34. The van der Waals surface area contributed by atoms with Gasteiger partial charge < -0.3 is 15.0 Å². The van der Waals surface area contributed by atoms with Crippen LogP contribution in [0.3, 0.4) is 0 Å². The topological polar surface area (TPSA) is 59.4 Å². The van der Waals surface area contributed by atoms with E-state index in [4.69, 9.17) is 4.74 Å². The first kappa shape index (κ1) is 16.5. The Morgan fingerprint density at radius 2 is 2.33 bits per heavy atom. The Balaban J connectivity index is 1.52. The Kier molecular flexibility index (Phi) is 5.15. The molecule has 1 aromatic carbocycles. The van der Waals surface area contributed by atoms with E-state index in [1.54, 1.807) is 9.58 Å². The number of amides is 1. The zero-order chi connectivity index (χ0) is 16.9. The van der Waals surface area contributed by atoms with E-state index in [-0.39, 0.29) is 11.9 Å². The average Bonchev–Trinajstić information content (AvgIpc) is 3.26. The molecule has 6 heteroatoms. The molecule has 1 aliphatic rings. The fourth-order valence-electron chi connectivity index (χ4n) is 2.91. The van der Waals surface area contributed by atoms with Crippen LogP contribution in [-0.2, 0) is 11.8 Å². The zero-order valence-electron chi connectivity index (χ0n) is 14.2. The van der Waals surface area contributed by atoms with Gasteiger partial charge in [0.05, 0.1) is 18.8 Å². The Labute approximate surface area is 142 Å². The third-order valence-electron chi connectivity index (χ3n) is 4.30. The molecule has 6 nitrogen and oxygen atoms in total. The molecular weight excluding hydrogens is 304 g/mol. The summed E-state index contributed by atoms with van der Waals surface area (Å²) in [6.45, 7) is 1.99. The molecule has 1 fully saturated rings. The van der Waals surface area contributed by atoms with Crippen molar-refractivity contribution in [2.45, 2.75) is 18.9 Å². The Morgan fingerprint density at radius 3 is 3.04 bits per heavy atom. The first-order chi connectivity index (χ1) is 11.6. The van der Waals surface area contributed by atoms with E-state index >= 15 is 0 Å². The molecule has 1 atom stereocenters. The summed E-state index contributed by atoms with van der Waals surface area (Å²) in [4.78, 5) is 14.0. The number of ether oxygens (including phenoxy) is 1. The summed E-state index contributed by atoms with van der Waals surface area (Å²) >= 11 is 0. The highest BCUT2D eigenvalue weighted by atomic mass is 16.5. The van der Waals surface area contributed by atoms with Crippen LogP contribution in [0.15, 0.2) is 36.7 Å². The second kappa shape index (κ2) is 7.49. The molecule has 1 N–H and O–H groups in total. The molecule has 2 heterocycles. The Hall–Kier alpha value is -2.34. The molecule has 128 valence electrons. The van der Waals surface area contributed by atoms with Gasteiger partial charge in [0.2, 0.25) is 5.91 Å². The van der Waals surface area contributed by atoms with Crippen LogP contribution in [0.4, 0.5) is 0 Å². The van der Waals surface area contributed by atoms with Crippen molar-refractivity contribution < 1.29 is 9.53 Å². The van der Waals surface area contributed by atoms with E-state index in [9.17, 15) is 4.79 Å². The molecule has 1 aromatic heterocycles. The van der Waals surface area contributed by atoms with Crippen LogP contribution in [-0.4, -0.2) is 53.4 Å². The van der Waals surface area contributed by atoms with Gasteiger partial charge in [-0.3, -0.25) is 9.48 Å². The van der Waals surface area contributed by atoms with Gasteiger partial charge in [-0.2, -0.15) is 5.10 Å². The van der Waals surface area contributed by atoms with Gasteiger partial charge in [-0.25, -0.2) is 0 Å². The van der Waals surface area contributed by atoms with Crippen LogP contribution in [0.2, 0.25) is 0 Å². The number of carbonyl (C=O) groups excluding carboxylic acids is 1. The smallest absolute Gasteiger partial charge is 0.239 e. The molecule has 0 bridgehead atoms. The summed E-state index contributed by atoms with van der Waals surface area (Å²) in [5.41, 5.74) is 2.13. The van der Waals surface area contributed by atoms with Crippen molar-refractivity contribution in [1.29, 1.82) is 0 Å². The van der Waals surface area contributed by atoms with E-state index in [0.29, 0.717) is 13.2 Å². The molecule has 0 aliphatic carbocycles. The number of rotatable bonds is 6. The third kappa shape index (κ3) is 3.94. The van der Waals surface area contributed by atoms with Crippen molar-refractivity contribution in [2.24, 2.45) is 7.05 Å². The fourth-order valence-corrected chi connectivity index (χ4v) is 2.91. The summed E-state index contributed by atoms with van der Waals surface area (Å²) in [7, 11) is 3.73. The lowest BCUT2D eigenvalue weighted by molar-refractivity contribution is -0.132. The van der Waals surface area contributed by atoms with Crippen LogP contribution in [0.5, 0.6) is 5.75 Å². The van der Waals surface area contributed by atoms with Gasteiger partial charge in [-0.1, -0.05) is 12.1 Å². The summed E-state index contributed by atoms with van der Waals surface area (Å²) in [6.07, 6.45) is 5.80. The number of likely N-dealkylation sites (N-methyl/N-ethyl adjacent to an activating group) is 1. The summed E-state index contributed by atoms with van der Waals surface area (Å²) in [5, 5.41) is 7.42. The normalized spacial score (nSPS) is 17.0. The maximum Gasteiger partial charge on any atom is 0.239 e. The monoisotopic (exact) mass is 328 g/mol. The lowest BCUT2D eigenvalue weighted by Crippen LogP contribution is -2.43. The maximum atomic E-state index is 12.2. The van der Waals surface area contributed by atoms with E-state index in [1.165, 1.54) is 0 Å². The van der Waals surface area contributed by atoms with Crippen molar-refractivity contribution in [2.75, 3.05) is 26.7 Å². The van der Waals surface area contributed by atoms with Gasteiger partial charge in [0.15, 0.2) is 0 Å². The summed E-state index contributed by atoms with van der Waals surface area (Å²) in [5.74, 6) is 0.955. The van der Waals surface area contributed by atoms with Crippen LogP contribution in [0.25, 0.3) is 11.1 Å². The van der Waals surface area contributed by atoms with E-state index in [2.05, 4.69) is 10.4 Å². The maximum absolute atomic E-state index is 12.2. The van der Waals surface area contributed by atoms with Crippen molar-refractivity contribution in [3.05, 3.63) is 36.7 Å². The van der Waals surface area contributed by atoms with Crippen LogP contribution < -0.4 is 10.1 Å². The lowest BCUT2D eigenvalue weighted by Gasteiger charge is -2.21. The Morgan fingerprint density at radius 1 is 1.46 bits per heavy atom. The summed E-state index contributed by atoms with van der Waals surface area (Å²) < 4.78 is 7.60. The molecule has 0 radical (unpaired) electrons. The molecule has 0 saturated carbocycles. The molecular formula is C18H24N4O2. The molecule has 24 heavy (non-hydrogen) atoms. The molecule has 1 amide bonds. The van der Waals surface area contributed by atoms with Gasteiger partial charge in [-0.15, -0.1) is 0 Å². The SMILES string of the molecule is CN(CCOc1cccc(-c2cnn(C)c2)c1)C(=O)[C@@H]1CCCN1. The molecule has 0 spiro atoms. The highest BCUT2D eigenvalue weighted by Crippen LogP contribution is 2.23. The number of carbonyl (C=O) groups is 1. The highest BCUT2D eigenvalue weighted by molar-refractivity contribution is 5.81. The van der Waals surface area contributed by atoms with Gasteiger partial charge in [0.1, 0.15) is 12.4 Å². The van der Waals surface area contributed by atoms with Crippen molar-refractivity contribution in [3.8, 4) is 16.9 Å². The number of aryl methyl sites for hydroxylation is 1. The van der Waals surface area contributed by atoms with E-state index in [0.717, 1.165) is 36.3 Å². The Bertz CT molecular complexity index is 692. The number of hydrogen-bond acceptors (Lipinski definition) is 4. The first-order valence-electron chi connectivity index (χ1n) is 8.34. The van der Waals surface area contributed by atoms with Crippen LogP contribution >= 0.6 is 0 Å². The van der Waals surface area contributed by atoms with Gasteiger partial charge in [0, 0.05) is 25.9 Å². The minimum absolute atomic E-state index is 0.0242.